The highest BCUT2D eigenvalue weighted by molar-refractivity contribution is 5.32. The molecule has 0 atom stereocenters. The summed E-state index contributed by atoms with van der Waals surface area (Å²) in [6, 6.07) is 6.64. The number of aryl methyl sites for hydroxylation is 1. The van der Waals surface area contributed by atoms with Gasteiger partial charge < -0.3 is 10.0 Å². The Morgan fingerprint density at radius 1 is 1.18 bits per heavy atom. The average molecular weight is 233 g/mol. The Hall–Kier alpha value is -0.860. The molecule has 17 heavy (non-hydrogen) atoms. The van der Waals surface area contributed by atoms with Crippen LogP contribution in [0.25, 0.3) is 0 Å². The number of benzene rings is 1. The first-order valence-electron chi connectivity index (χ1n) is 6.65. The summed E-state index contributed by atoms with van der Waals surface area (Å²) >= 11 is 0. The maximum atomic E-state index is 9.31. The molecular weight excluding hydrogens is 210 g/mol. The van der Waals surface area contributed by atoms with Crippen molar-refractivity contribution in [2.24, 2.45) is 0 Å². The van der Waals surface area contributed by atoms with Gasteiger partial charge in [-0.25, -0.2) is 0 Å². The van der Waals surface area contributed by atoms with Gasteiger partial charge in [-0.05, 0) is 62.0 Å². The summed E-state index contributed by atoms with van der Waals surface area (Å²) in [5.74, 6) is 0.683. The van der Waals surface area contributed by atoms with Crippen LogP contribution in [0.2, 0.25) is 0 Å². The molecule has 0 radical (unpaired) electrons. The second kappa shape index (κ2) is 5.65. The summed E-state index contributed by atoms with van der Waals surface area (Å²) < 4.78 is 0. The topological polar surface area (TPSA) is 23.5 Å². The number of piperidine rings is 1. The molecule has 1 heterocycles. The van der Waals surface area contributed by atoms with E-state index in [0.717, 1.165) is 12.0 Å². The molecule has 2 nitrogen and oxygen atoms in total. The van der Waals surface area contributed by atoms with Gasteiger partial charge in [0.2, 0.25) is 0 Å². The van der Waals surface area contributed by atoms with Crippen LogP contribution in [0.4, 0.5) is 0 Å². The van der Waals surface area contributed by atoms with E-state index in [-0.39, 0.29) is 6.61 Å². The first-order chi connectivity index (χ1) is 8.22. The predicted molar refractivity (Wildman–Crippen MR) is 71.2 cm³/mol. The van der Waals surface area contributed by atoms with Gasteiger partial charge in [0.15, 0.2) is 0 Å². The zero-order valence-corrected chi connectivity index (χ0v) is 10.9. The van der Waals surface area contributed by atoms with E-state index in [1.807, 2.05) is 0 Å². The number of aliphatic hydroxyl groups is 1. The van der Waals surface area contributed by atoms with E-state index >= 15 is 0 Å². The summed E-state index contributed by atoms with van der Waals surface area (Å²) in [6.45, 7) is 4.72. The van der Waals surface area contributed by atoms with E-state index in [4.69, 9.17) is 0 Å². The van der Waals surface area contributed by atoms with Crippen LogP contribution in [0.1, 0.15) is 42.4 Å². The Balaban J connectivity index is 2.19. The van der Waals surface area contributed by atoms with E-state index in [2.05, 4.69) is 37.1 Å². The van der Waals surface area contributed by atoms with Crippen molar-refractivity contribution in [1.29, 1.82) is 0 Å². The van der Waals surface area contributed by atoms with Crippen LogP contribution in [0.3, 0.4) is 0 Å². The molecule has 0 unspecified atom stereocenters. The molecule has 94 valence electrons. The van der Waals surface area contributed by atoms with Crippen LogP contribution in [0.5, 0.6) is 0 Å². The van der Waals surface area contributed by atoms with Crippen molar-refractivity contribution in [3.8, 4) is 0 Å². The Labute approximate surface area is 104 Å². The van der Waals surface area contributed by atoms with E-state index in [1.165, 1.54) is 37.1 Å². The molecule has 1 N–H and O–H groups in total. The SMILES string of the molecule is CCc1cc(CO)cc(C2CCN(C)CC2)c1. The third-order valence-electron chi connectivity index (χ3n) is 3.86. The lowest BCUT2D eigenvalue weighted by Gasteiger charge is -2.29. The summed E-state index contributed by atoms with van der Waals surface area (Å²) in [6.07, 6.45) is 3.54. The minimum atomic E-state index is 0.160. The van der Waals surface area contributed by atoms with Crippen LogP contribution in [-0.4, -0.2) is 30.1 Å². The van der Waals surface area contributed by atoms with Crippen molar-refractivity contribution >= 4 is 0 Å². The van der Waals surface area contributed by atoms with Crippen molar-refractivity contribution in [3.63, 3.8) is 0 Å². The average Bonchev–Trinajstić information content (AvgIpc) is 2.39. The number of hydrogen-bond donors (Lipinski definition) is 1. The van der Waals surface area contributed by atoms with Gasteiger partial charge in [-0.1, -0.05) is 25.1 Å². The number of nitrogens with zero attached hydrogens (tertiary/aromatic N) is 1. The van der Waals surface area contributed by atoms with Crippen LogP contribution >= 0.6 is 0 Å². The summed E-state index contributed by atoms with van der Waals surface area (Å²) in [4.78, 5) is 2.40. The molecule has 1 fully saturated rings. The second-order valence-electron chi connectivity index (χ2n) is 5.17. The standard InChI is InChI=1S/C15H23NO/c1-3-12-8-13(11-17)10-15(9-12)14-4-6-16(2)7-5-14/h8-10,14,17H,3-7,11H2,1-2H3. The minimum absolute atomic E-state index is 0.160. The van der Waals surface area contributed by atoms with Crippen molar-refractivity contribution in [1.82, 2.24) is 4.90 Å². The van der Waals surface area contributed by atoms with Gasteiger partial charge in [0.1, 0.15) is 0 Å². The van der Waals surface area contributed by atoms with Gasteiger partial charge in [-0.3, -0.25) is 0 Å². The third kappa shape index (κ3) is 3.08. The maximum Gasteiger partial charge on any atom is 0.0682 e. The maximum absolute atomic E-state index is 9.31. The molecule has 2 heteroatoms. The van der Waals surface area contributed by atoms with Crippen LogP contribution in [0.15, 0.2) is 18.2 Å². The molecule has 0 amide bonds. The van der Waals surface area contributed by atoms with Crippen molar-refractivity contribution in [3.05, 3.63) is 34.9 Å². The van der Waals surface area contributed by atoms with Gasteiger partial charge in [-0.15, -0.1) is 0 Å². The lowest BCUT2D eigenvalue weighted by atomic mass is 9.87. The minimum Gasteiger partial charge on any atom is -0.392 e. The molecule has 1 saturated heterocycles. The highest BCUT2D eigenvalue weighted by Crippen LogP contribution is 2.29. The molecule has 1 aliphatic rings. The third-order valence-corrected chi connectivity index (χ3v) is 3.86. The quantitative estimate of drug-likeness (QED) is 0.867. The van der Waals surface area contributed by atoms with Crippen LogP contribution < -0.4 is 0 Å². The van der Waals surface area contributed by atoms with Crippen LogP contribution in [0, 0.1) is 0 Å². The molecular formula is C15H23NO. The van der Waals surface area contributed by atoms with E-state index < -0.39 is 0 Å². The zero-order valence-electron chi connectivity index (χ0n) is 10.9. The van der Waals surface area contributed by atoms with E-state index in [1.54, 1.807) is 0 Å². The van der Waals surface area contributed by atoms with Crippen molar-refractivity contribution in [2.75, 3.05) is 20.1 Å². The van der Waals surface area contributed by atoms with Gasteiger partial charge in [0.05, 0.1) is 6.61 Å². The Bertz CT molecular complexity index is 345. The summed E-state index contributed by atoms with van der Waals surface area (Å²) in [5.41, 5.74) is 3.85. The highest BCUT2D eigenvalue weighted by Gasteiger charge is 2.18. The normalized spacial score (nSPS) is 18.5. The first-order valence-corrected chi connectivity index (χ1v) is 6.65. The van der Waals surface area contributed by atoms with E-state index in [9.17, 15) is 5.11 Å². The van der Waals surface area contributed by atoms with Gasteiger partial charge >= 0.3 is 0 Å². The highest BCUT2D eigenvalue weighted by atomic mass is 16.3. The summed E-state index contributed by atoms with van der Waals surface area (Å²) in [5, 5.41) is 9.31. The molecule has 0 aliphatic carbocycles. The van der Waals surface area contributed by atoms with Gasteiger partial charge in [0, 0.05) is 0 Å². The number of hydrogen-bond acceptors (Lipinski definition) is 2. The molecule has 0 aromatic heterocycles. The molecule has 1 aromatic rings. The van der Waals surface area contributed by atoms with Crippen molar-refractivity contribution < 1.29 is 5.11 Å². The molecule has 2 rings (SSSR count). The zero-order chi connectivity index (χ0) is 12.3. The number of rotatable bonds is 3. The van der Waals surface area contributed by atoms with E-state index in [0.29, 0.717) is 5.92 Å². The van der Waals surface area contributed by atoms with Crippen LogP contribution in [-0.2, 0) is 13.0 Å². The lowest BCUT2D eigenvalue weighted by Crippen LogP contribution is -2.29. The molecule has 1 aromatic carbocycles. The number of aliphatic hydroxyl groups excluding tert-OH is 1. The first kappa shape index (κ1) is 12.6. The van der Waals surface area contributed by atoms with Crippen molar-refractivity contribution in [2.45, 2.75) is 38.7 Å². The lowest BCUT2D eigenvalue weighted by molar-refractivity contribution is 0.254. The fraction of sp³-hybridized carbons (Fsp3) is 0.600. The second-order valence-corrected chi connectivity index (χ2v) is 5.17. The monoisotopic (exact) mass is 233 g/mol. The molecule has 0 spiro atoms. The fourth-order valence-electron chi connectivity index (χ4n) is 2.66. The Kier molecular flexibility index (Phi) is 4.19. The molecule has 1 aliphatic heterocycles. The largest absolute Gasteiger partial charge is 0.392 e. The van der Waals surface area contributed by atoms with Gasteiger partial charge in [0.25, 0.3) is 0 Å². The predicted octanol–water partition coefficient (Wildman–Crippen LogP) is 2.55. The Morgan fingerprint density at radius 3 is 2.41 bits per heavy atom. The summed E-state index contributed by atoms with van der Waals surface area (Å²) in [7, 11) is 2.19. The Morgan fingerprint density at radius 2 is 1.82 bits per heavy atom. The molecule has 0 bridgehead atoms. The molecule has 0 saturated carbocycles. The van der Waals surface area contributed by atoms with Gasteiger partial charge in [-0.2, -0.15) is 0 Å². The number of likely N-dealkylation sites (tertiary alicyclic amines) is 1. The smallest absolute Gasteiger partial charge is 0.0682 e. The fourth-order valence-corrected chi connectivity index (χ4v) is 2.66.